The molecule has 2 aromatic heterocycles. The summed E-state index contributed by atoms with van der Waals surface area (Å²) in [4.78, 5) is 14.0. The fourth-order valence-electron chi connectivity index (χ4n) is 3.30. The fraction of sp³-hybridized carbons (Fsp3) is 0.375. The van der Waals surface area contributed by atoms with Crippen LogP contribution in [0.3, 0.4) is 0 Å². The summed E-state index contributed by atoms with van der Waals surface area (Å²) < 4.78 is 0.974. The second-order valence-corrected chi connectivity index (χ2v) is 6.58. The van der Waals surface area contributed by atoms with E-state index in [1.54, 1.807) is 0 Å². The smallest absolute Gasteiger partial charge is 0.112 e. The number of aromatic nitrogens is 2. The quantitative estimate of drug-likeness (QED) is 0.784. The van der Waals surface area contributed by atoms with Crippen LogP contribution >= 0.6 is 15.9 Å². The molecular weight excluding hydrogens is 328 g/mol. The molecule has 4 nitrogen and oxygen atoms in total. The third-order valence-electron chi connectivity index (χ3n) is 4.39. The van der Waals surface area contributed by atoms with Crippen LogP contribution in [0.15, 0.2) is 41.2 Å². The highest BCUT2D eigenvalue weighted by Gasteiger charge is 2.28. The van der Waals surface area contributed by atoms with Crippen molar-refractivity contribution in [1.29, 1.82) is 0 Å². The minimum absolute atomic E-state index is 0.652. The van der Waals surface area contributed by atoms with Gasteiger partial charge in [0, 0.05) is 49.1 Å². The summed E-state index contributed by atoms with van der Waals surface area (Å²) in [5.41, 5.74) is 3.16. The highest BCUT2D eigenvalue weighted by atomic mass is 79.9. The number of nitrogens with zero attached hydrogens (tertiary/aromatic N) is 4. The van der Waals surface area contributed by atoms with Crippen LogP contribution in [0.1, 0.15) is 6.42 Å². The van der Waals surface area contributed by atoms with Crippen molar-refractivity contribution in [1.82, 2.24) is 14.9 Å². The van der Waals surface area contributed by atoms with Crippen LogP contribution in [0.25, 0.3) is 11.0 Å². The monoisotopic (exact) mass is 344 g/mol. The van der Waals surface area contributed by atoms with E-state index in [9.17, 15) is 0 Å². The van der Waals surface area contributed by atoms with Gasteiger partial charge in [-0.15, -0.1) is 0 Å². The molecule has 0 amide bonds. The van der Waals surface area contributed by atoms with Crippen LogP contribution in [0.5, 0.6) is 0 Å². The van der Waals surface area contributed by atoms with Crippen LogP contribution in [-0.4, -0.2) is 47.1 Å². The Morgan fingerprint density at radius 1 is 1.19 bits per heavy atom. The Balaban J connectivity index is 1.62. The molecule has 1 atom stereocenters. The van der Waals surface area contributed by atoms with Crippen molar-refractivity contribution in [3.8, 4) is 0 Å². The number of pyridine rings is 2. The van der Waals surface area contributed by atoms with Crippen molar-refractivity contribution >= 4 is 32.7 Å². The predicted octanol–water partition coefficient (Wildman–Crippen LogP) is 2.84. The molecular formula is C16H17BrN4. The number of anilines is 1. The molecule has 0 spiro atoms. The van der Waals surface area contributed by atoms with Gasteiger partial charge < -0.3 is 4.90 Å². The van der Waals surface area contributed by atoms with Gasteiger partial charge in [0.1, 0.15) is 5.52 Å². The summed E-state index contributed by atoms with van der Waals surface area (Å²) in [6.07, 6.45) is 9.50. The molecule has 108 valence electrons. The molecule has 0 aromatic carbocycles. The van der Waals surface area contributed by atoms with Gasteiger partial charge >= 0.3 is 0 Å². The van der Waals surface area contributed by atoms with E-state index in [0.29, 0.717) is 6.04 Å². The molecule has 0 N–H and O–H groups in total. The van der Waals surface area contributed by atoms with Gasteiger partial charge in [-0.3, -0.25) is 14.9 Å². The molecule has 4 heterocycles. The molecule has 2 aliphatic heterocycles. The van der Waals surface area contributed by atoms with Crippen LogP contribution in [0.4, 0.5) is 5.69 Å². The minimum Gasteiger partial charge on any atom is -0.368 e. The molecule has 1 fully saturated rings. The van der Waals surface area contributed by atoms with E-state index in [1.807, 2.05) is 18.5 Å². The molecule has 0 aliphatic carbocycles. The van der Waals surface area contributed by atoms with Crippen LogP contribution in [0.2, 0.25) is 0 Å². The molecule has 0 bridgehead atoms. The Hall–Kier alpha value is -1.46. The van der Waals surface area contributed by atoms with E-state index >= 15 is 0 Å². The molecule has 4 rings (SSSR count). The minimum atomic E-state index is 0.652. The average Bonchev–Trinajstić information content (AvgIpc) is 3.17. The molecule has 1 saturated heterocycles. The van der Waals surface area contributed by atoms with E-state index in [-0.39, 0.29) is 0 Å². The third-order valence-corrected chi connectivity index (χ3v) is 4.82. The molecule has 0 unspecified atom stereocenters. The number of hydrogen-bond donors (Lipinski definition) is 0. The Morgan fingerprint density at radius 2 is 2.05 bits per heavy atom. The molecule has 0 saturated carbocycles. The van der Waals surface area contributed by atoms with Crippen molar-refractivity contribution in [3.63, 3.8) is 0 Å². The summed E-state index contributed by atoms with van der Waals surface area (Å²) in [6.45, 7) is 4.37. The van der Waals surface area contributed by atoms with E-state index in [4.69, 9.17) is 0 Å². The average molecular weight is 345 g/mol. The topological polar surface area (TPSA) is 32.3 Å². The summed E-state index contributed by atoms with van der Waals surface area (Å²) in [5.74, 6) is 0. The largest absolute Gasteiger partial charge is 0.368 e. The Labute approximate surface area is 132 Å². The lowest BCUT2D eigenvalue weighted by Crippen LogP contribution is -2.35. The summed E-state index contributed by atoms with van der Waals surface area (Å²) >= 11 is 3.47. The Kier molecular flexibility index (Phi) is 3.39. The van der Waals surface area contributed by atoms with Crippen molar-refractivity contribution in [2.24, 2.45) is 0 Å². The first-order valence-electron chi connectivity index (χ1n) is 7.35. The maximum Gasteiger partial charge on any atom is 0.112 e. The van der Waals surface area contributed by atoms with Gasteiger partial charge in [-0.25, -0.2) is 0 Å². The zero-order chi connectivity index (χ0) is 14.2. The molecule has 21 heavy (non-hydrogen) atoms. The Bertz CT molecular complexity index is 692. The zero-order valence-electron chi connectivity index (χ0n) is 11.7. The first-order chi connectivity index (χ1) is 10.3. The summed E-state index contributed by atoms with van der Waals surface area (Å²) in [5, 5.41) is 0. The number of halogens is 1. The van der Waals surface area contributed by atoms with Gasteiger partial charge in [-0.1, -0.05) is 12.2 Å². The summed E-state index contributed by atoms with van der Waals surface area (Å²) in [7, 11) is 0. The SMILES string of the molecule is Brc1cnc2c(N3CC[C@H](N4CC=CC4)C3)ccnc2c1. The molecule has 5 heteroatoms. The van der Waals surface area contributed by atoms with E-state index < -0.39 is 0 Å². The maximum absolute atomic E-state index is 4.57. The van der Waals surface area contributed by atoms with E-state index in [1.165, 1.54) is 12.1 Å². The van der Waals surface area contributed by atoms with Crippen molar-refractivity contribution < 1.29 is 0 Å². The standard InChI is InChI=1S/C16H17BrN4/c17-12-9-14-16(19-10-12)15(3-5-18-14)21-8-4-13(11-21)20-6-1-2-7-20/h1-3,5,9-10,13H,4,6-8,11H2/t13-/m0/s1. The van der Waals surface area contributed by atoms with Crippen molar-refractivity contribution in [2.75, 3.05) is 31.1 Å². The highest BCUT2D eigenvalue weighted by molar-refractivity contribution is 9.10. The van der Waals surface area contributed by atoms with Crippen molar-refractivity contribution in [3.05, 3.63) is 41.2 Å². The first kappa shape index (κ1) is 13.2. The van der Waals surface area contributed by atoms with Gasteiger partial charge in [-0.2, -0.15) is 0 Å². The second kappa shape index (κ2) is 5.39. The highest BCUT2D eigenvalue weighted by Crippen LogP contribution is 2.29. The van der Waals surface area contributed by atoms with Crippen LogP contribution in [-0.2, 0) is 0 Å². The summed E-state index contributed by atoms with van der Waals surface area (Å²) in [6, 6.07) is 4.77. The Morgan fingerprint density at radius 3 is 2.90 bits per heavy atom. The van der Waals surface area contributed by atoms with Crippen LogP contribution in [0, 0.1) is 0 Å². The predicted molar refractivity (Wildman–Crippen MR) is 88.6 cm³/mol. The van der Waals surface area contributed by atoms with Gasteiger partial charge in [0.05, 0.1) is 11.2 Å². The van der Waals surface area contributed by atoms with E-state index in [2.05, 4.69) is 53.9 Å². The normalized spacial score (nSPS) is 22.5. The zero-order valence-corrected chi connectivity index (χ0v) is 13.3. The van der Waals surface area contributed by atoms with Gasteiger partial charge in [0.15, 0.2) is 0 Å². The van der Waals surface area contributed by atoms with Gasteiger partial charge in [0.25, 0.3) is 0 Å². The molecule has 2 aliphatic rings. The maximum atomic E-state index is 4.57. The van der Waals surface area contributed by atoms with Crippen molar-refractivity contribution in [2.45, 2.75) is 12.5 Å². The first-order valence-corrected chi connectivity index (χ1v) is 8.15. The number of rotatable bonds is 2. The lowest BCUT2D eigenvalue weighted by molar-refractivity contribution is 0.271. The lowest BCUT2D eigenvalue weighted by Gasteiger charge is -2.24. The number of fused-ring (bicyclic) bond motifs is 1. The van der Waals surface area contributed by atoms with E-state index in [0.717, 1.165) is 41.7 Å². The third kappa shape index (κ3) is 2.45. The van der Waals surface area contributed by atoms with Gasteiger partial charge in [-0.05, 0) is 34.5 Å². The van der Waals surface area contributed by atoms with Gasteiger partial charge in [0.2, 0.25) is 0 Å². The molecule has 0 radical (unpaired) electrons. The second-order valence-electron chi connectivity index (χ2n) is 5.67. The number of hydrogen-bond acceptors (Lipinski definition) is 4. The van der Waals surface area contributed by atoms with Crippen LogP contribution < -0.4 is 4.90 Å². The molecule has 2 aromatic rings. The fourth-order valence-corrected chi connectivity index (χ4v) is 3.62. The lowest BCUT2D eigenvalue weighted by atomic mass is 10.2.